The van der Waals surface area contributed by atoms with E-state index in [-0.39, 0.29) is 5.03 Å². The van der Waals surface area contributed by atoms with Crippen molar-refractivity contribution in [3.63, 3.8) is 0 Å². The first kappa shape index (κ1) is 13.5. The van der Waals surface area contributed by atoms with Crippen molar-refractivity contribution in [2.75, 3.05) is 19.6 Å². The predicted molar refractivity (Wildman–Crippen MR) is 68.8 cm³/mol. The lowest BCUT2D eigenvalue weighted by Crippen LogP contribution is -2.40. The molecule has 1 fully saturated rings. The summed E-state index contributed by atoms with van der Waals surface area (Å²) in [5.74, 6) is 0.603. The Morgan fingerprint density at radius 2 is 2.39 bits per heavy atom. The van der Waals surface area contributed by atoms with Crippen molar-refractivity contribution < 1.29 is 8.42 Å². The van der Waals surface area contributed by atoms with Gasteiger partial charge in [-0.3, -0.25) is 4.90 Å². The Kier molecular flexibility index (Phi) is 4.04. The summed E-state index contributed by atoms with van der Waals surface area (Å²) in [6.07, 6.45) is 3.55. The third kappa shape index (κ3) is 2.90. The highest BCUT2D eigenvalue weighted by Crippen LogP contribution is 2.16. The van der Waals surface area contributed by atoms with Gasteiger partial charge in [-0.2, -0.15) is 0 Å². The number of imidazole rings is 1. The molecular weight excluding hydrogens is 252 g/mol. The highest BCUT2D eigenvalue weighted by molar-refractivity contribution is 7.89. The maximum absolute atomic E-state index is 12.0. The van der Waals surface area contributed by atoms with Crippen molar-refractivity contribution in [1.82, 2.24) is 19.6 Å². The molecule has 2 N–H and O–H groups in total. The Morgan fingerprint density at radius 3 is 3.00 bits per heavy atom. The standard InChI is InChI=1S/C11H20N4O2S/c1-3-15-6-4-5-10(15)7-13-18(16,17)11-8-12-9(2)14-11/h8,10,13H,3-7H2,1-2H3,(H,12,14). The first-order valence-electron chi connectivity index (χ1n) is 6.28. The molecule has 102 valence electrons. The van der Waals surface area contributed by atoms with Gasteiger partial charge in [0, 0.05) is 12.6 Å². The fourth-order valence-corrected chi connectivity index (χ4v) is 3.40. The molecule has 0 amide bonds. The second-order valence-corrected chi connectivity index (χ2v) is 6.34. The Morgan fingerprint density at radius 1 is 1.61 bits per heavy atom. The molecule has 1 atom stereocenters. The number of nitrogens with one attached hydrogen (secondary N) is 2. The summed E-state index contributed by atoms with van der Waals surface area (Å²) < 4.78 is 26.6. The molecule has 6 nitrogen and oxygen atoms in total. The van der Waals surface area contributed by atoms with E-state index in [9.17, 15) is 8.42 Å². The molecule has 1 aliphatic heterocycles. The fourth-order valence-electron chi connectivity index (χ4n) is 2.36. The van der Waals surface area contributed by atoms with Crippen LogP contribution in [0, 0.1) is 6.92 Å². The zero-order valence-electron chi connectivity index (χ0n) is 10.8. The molecule has 0 bridgehead atoms. The van der Waals surface area contributed by atoms with Crippen LogP contribution in [0.25, 0.3) is 0 Å². The van der Waals surface area contributed by atoms with Gasteiger partial charge in [0.1, 0.15) is 5.82 Å². The topological polar surface area (TPSA) is 78.1 Å². The first-order chi connectivity index (χ1) is 8.53. The van der Waals surface area contributed by atoms with E-state index >= 15 is 0 Å². The number of aryl methyl sites for hydroxylation is 1. The van der Waals surface area contributed by atoms with E-state index in [0.717, 1.165) is 25.9 Å². The molecular formula is C11H20N4O2S. The number of rotatable bonds is 5. The van der Waals surface area contributed by atoms with Crippen LogP contribution in [0.4, 0.5) is 0 Å². The van der Waals surface area contributed by atoms with E-state index in [1.54, 1.807) is 6.92 Å². The average molecular weight is 272 g/mol. The van der Waals surface area contributed by atoms with Gasteiger partial charge < -0.3 is 4.98 Å². The third-order valence-corrected chi connectivity index (χ3v) is 4.72. The largest absolute Gasteiger partial charge is 0.332 e. The molecule has 0 radical (unpaired) electrons. The van der Waals surface area contributed by atoms with Crippen molar-refractivity contribution in [1.29, 1.82) is 0 Å². The minimum absolute atomic E-state index is 0.140. The van der Waals surface area contributed by atoms with E-state index in [2.05, 4.69) is 26.5 Å². The van der Waals surface area contributed by atoms with Gasteiger partial charge in [0.2, 0.25) is 0 Å². The van der Waals surface area contributed by atoms with Crippen LogP contribution >= 0.6 is 0 Å². The Bertz CT molecular complexity index is 497. The monoisotopic (exact) mass is 272 g/mol. The molecule has 1 aliphatic rings. The highest BCUT2D eigenvalue weighted by atomic mass is 32.2. The molecule has 1 unspecified atom stereocenters. The second-order valence-electron chi connectivity index (χ2n) is 4.61. The quantitative estimate of drug-likeness (QED) is 0.817. The van der Waals surface area contributed by atoms with Gasteiger partial charge >= 0.3 is 0 Å². The normalized spacial score (nSPS) is 21.6. The van der Waals surface area contributed by atoms with Crippen LogP contribution in [0.2, 0.25) is 0 Å². The summed E-state index contributed by atoms with van der Waals surface area (Å²) in [4.78, 5) is 8.96. The van der Waals surface area contributed by atoms with E-state index < -0.39 is 10.0 Å². The van der Waals surface area contributed by atoms with Crippen LogP contribution < -0.4 is 4.72 Å². The number of H-pyrrole nitrogens is 1. The van der Waals surface area contributed by atoms with Crippen LogP contribution in [0.1, 0.15) is 25.6 Å². The molecule has 0 spiro atoms. The van der Waals surface area contributed by atoms with Crippen molar-refractivity contribution in [2.24, 2.45) is 0 Å². The molecule has 0 aliphatic carbocycles. The van der Waals surface area contributed by atoms with Crippen LogP contribution in [0.5, 0.6) is 0 Å². The lowest BCUT2D eigenvalue weighted by Gasteiger charge is -2.22. The summed E-state index contributed by atoms with van der Waals surface area (Å²) in [6, 6.07) is 0.314. The number of aromatic amines is 1. The number of likely N-dealkylation sites (tertiary alicyclic amines) is 1. The highest BCUT2D eigenvalue weighted by Gasteiger charge is 2.25. The number of sulfonamides is 1. The minimum atomic E-state index is -3.45. The van der Waals surface area contributed by atoms with Crippen LogP contribution in [-0.4, -0.2) is 49.0 Å². The van der Waals surface area contributed by atoms with Crippen LogP contribution in [0.15, 0.2) is 11.2 Å². The number of nitrogens with zero attached hydrogens (tertiary/aromatic N) is 2. The smallest absolute Gasteiger partial charge is 0.257 e. The first-order valence-corrected chi connectivity index (χ1v) is 7.76. The van der Waals surface area contributed by atoms with Gasteiger partial charge in [0.05, 0.1) is 6.20 Å². The Hall–Kier alpha value is -0.920. The van der Waals surface area contributed by atoms with E-state index in [1.165, 1.54) is 6.20 Å². The lowest BCUT2D eigenvalue weighted by atomic mass is 10.2. The maximum atomic E-state index is 12.0. The number of hydrogen-bond acceptors (Lipinski definition) is 4. The molecule has 0 aromatic carbocycles. The number of aromatic nitrogens is 2. The van der Waals surface area contributed by atoms with E-state index in [0.29, 0.717) is 18.4 Å². The van der Waals surface area contributed by atoms with Crippen LogP contribution in [0.3, 0.4) is 0 Å². The van der Waals surface area contributed by atoms with Crippen molar-refractivity contribution >= 4 is 10.0 Å². The zero-order valence-corrected chi connectivity index (χ0v) is 11.6. The summed E-state index contributed by atoms with van der Waals surface area (Å²) in [7, 11) is -3.45. The van der Waals surface area contributed by atoms with Crippen LogP contribution in [-0.2, 0) is 10.0 Å². The molecule has 18 heavy (non-hydrogen) atoms. The Balaban J connectivity index is 1.97. The molecule has 2 rings (SSSR count). The molecule has 7 heteroatoms. The zero-order chi connectivity index (χ0) is 13.2. The van der Waals surface area contributed by atoms with Gasteiger partial charge in [0.15, 0.2) is 5.03 Å². The van der Waals surface area contributed by atoms with Gasteiger partial charge in [-0.15, -0.1) is 0 Å². The molecule has 1 saturated heterocycles. The average Bonchev–Trinajstić information content (AvgIpc) is 2.94. The fraction of sp³-hybridized carbons (Fsp3) is 0.727. The minimum Gasteiger partial charge on any atom is -0.332 e. The second kappa shape index (κ2) is 5.38. The predicted octanol–water partition coefficient (Wildman–Crippen LogP) is 0.481. The van der Waals surface area contributed by atoms with Gasteiger partial charge in [-0.25, -0.2) is 18.1 Å². The summed E-state index contributed by atoms with van der Waals surface area (Å²) in [6.45, 7) is 6.33. The lowest BCUT2D eigenvalue weighted by molar-refractivity contribution is 0.268. The van der Waals surface area contributed by atoms with Gasteiger partial charge in [-0.1, -0.05) is 6.92 Å². The number of hydrogen-bond donors (Lipinski definition) is 2. The molecule has 1 aromatic heterocycles. The maximum Gasteiger partial charge on any atom is 0.257 e. The van der Waals surface area contributed by atoms with E-state index in [1.807, 2.05) is 0 Å². The molecule has 2 heterocycles. The van der Waals surface area contributed by atoms with Gasteiger partial charge in [-0.05, 0) is 32.9 Å². The number of likely N-dealkylation sites (N-methyl/N-ethyl adjacent to an activating group) is 1. The summed E-state index contributed by atoms with van der Waals surface area (Å²) >= 11 is 0. The molecule has 0 saturated carbocycles. The summed E-state index contributed by atoms with van der Waals surface area (Å²) in [5.41, 5.74) is 0. The van der Waals surface area contributed by atoms with Crippen molar-refractivity contribution in [3.8, 4) is 0 Å². The van der Waals surface area contributed by atoms with Crippen molar-refractivity contribution in [3.05, 3.63) is 12.0 Å². The summed E-state index contributed by atoms with van der Waals surface area (Å²) in [5, 5.41) is 0.140. The van der Waals surface area contributed by atoms with E-state index in [4.69, 9.17) is 0 Å². The SMILES string of the molecule is CCN1CCCC1CNS(=O)(=O)c1cnc(C)[nH]1. The van der Waals surface area contributed by atoms with Gasteiger partial charge in [0.25, 0.3) is 10.0 Å². The Labute approximate surface area is 108 Å². The molecule has 1 aromatic rings. The van der Waals surface area contributed by atoms with Crippen molar-refractivity contribution in [2.45, 2.75) is 37.8 Å². The third-order valence-electron chi connectivity index (χ3n) is 3.38.